The maximum absolute atomic E-state index is 10.5. The Morgan fingerprint density at radius 2 is 2.42 bits per heavy atom. The number of nitrogens with zero attached hydrogens (tertiary/aromatic N) is 1. The van der Waals surface area contributed by atoms with Crippen LogP contribution >= 0.6 is 22.9 Å². The molecule has 0 spiro atoms. The van der Waals surface area contributed by atoms with Gasteiger partial charge in [-0.05, 0) is 11.4 Å². The van der Waals surface area contributed by atoms with E-state index in [2.05, 4.69) is 4.98 Å². The fourth-order valence-electron chi connectivity index (χ4n) is 0.991. The minimum Gasteiger partial charge on any atom is -0.298 e. The summed E-state index contributed by atoms with van der Waals surface area (Å²) < 4.78 is 0. The van der Waals surface area contributed by atoms with E-state index >= 15 is 0 Å². The van der Waals surface area contributed by atoms with E-state index in [0.717, 1.165) is 10.2 Å². The van der Waals surface area contributed by atoms with Gasteiger partial charge in [0.25, 0.3) is 0 Å². The summed E-state index contributed by atoms with van der Waals surface area (Å²) in [5.74, 6) is 0. The first-order valence-corrected chi connectivity index (χ1v) is 4.55. The van der Waals surface area contributed by atoms with Gasteiger partial charge in [-0.1, -0.05) is 11.6 Å². The summed E-state index contributed by atoms with van der Waals surface area (Å²) in [4.78, 5) is 15.4. The van der Waals surface area contributed by atoms with Crippen LogP contribution in [-0.4, -0.2) is 11.3 Å². The molecule has 0 aliphatic rings. The second-order valence-corrected chi connectivity index (χ2v) is 3.56. The van der Waals surface area contributed by atoms with Crippen molar-refractivity contribution in [3.05, 3.63) is 28.2 Å². The van der Waals surface area contributed by atoms with Crippen LogP contribution in [0.1, 0.15) is 10.4 Å². The number of aldehydes is 1. The van der Waals surface area contributed by atoms with Crippen LogP contribution < -0.4 is 0 Å². The molecule has 2 nitrogen and oxygen atoms in total. The van der Waals surface area contributed by atoms with E-state index in [9.17, 15) is 4.79 Å². The molecular weight excluding hydrogens is 194 g/mol. The molecule has 2 rings (SSSR count). The van der Waals surface area contributed by atoms with Crippen molar-refractivity contribution in [3.63, 3.8) is 0 Å². The highest BCUT2D eigenvalue weighted by Crippen LogP contribution is 2.27. The minimum atomic E-state index is 0.447. The Balaban J connectivity index is 2.86. The van der Waals surface area contributed by atoms with E-state index in [1.165, 1.54) is 17.5 Å². The zero-order chi connectivity index (χ0) is 8.55. The van der Waals surface area contributed by atoms with Crippen molar-refractivity contribution in [2.75, 3.05) is 0 Å². The van der Waals surface area contributed by atoms with Crippen molar-refractivity contribution in [1.29, 1.82) is 0 Å². The third kappa shape index (κ3) is 1.02. The molecule has 0 bridgehead atoms. The van der Waals surface area contributed by atoms with Crippen LogP contribution in [-0.2, 0) is 0 Å². The summed E-state index contributed by atoms with van der Waals surface area (Å²) >= 11 is 7.43. The molecule has 0 unspecified atom stereocenters. The van der Waals surface area contributed by atoms with Gasteiger partial charge in [-0.3, -0.25) is 4.79 Å². The number of fused-ring (bicyclic) bond motifs is 1. The highest BCUT2D eigenvalue weighted by Gasteiger charge is 2.05. The molecule has 0 aliphatic carbocycles. The van der Waals surface area contributed by atoms with E-state index in [-0.39, 0.29) is 0 Å². The summed E-state index contributed by atoms with van der Waals surface area (Å²) in [6.45, 7) is 0. The lowest BCUT2D eigenvalue weighted by Gasteiger charge is -1.95. The van der Waals surface area contributed by atoms with Gasteiger partial charge in [-0.15, -0.1) is 11.3 Å². The molecule has 0 aliphatic heterocycles. The van der Waals surface area contributed by atoms with Gasteiger partial charge < -0.3 is 0 Å². The zero-order valence-corrected chi connectivity index (χ0v) is 7.52. The number of hydrogen-bond acceptors (Lipinski definition) is 3. The highest BCUT2D eigenvalue weighted by atomic mass is 35.5. The molecule has 60 valence electrons. The Morgan fingerprint density at radius 3 is 3.17 bits per heavy atom. The number of pyridine rings is 1. The van der Waals surface area contributed by atoms with Crippen molar-refractivity contribution in [3.8, 4) is 0 Å². The molecule has 4 heteroatoms. The SMILES string of the molecule is O=Cc1cnc2sccc2c1Cl. The highest BCUT2D eigenvalue weighted by molar-refractivity contribution is 7.16. The van der Waals surface area contributed by atoms with Gasteiger partial charge in [0.05, 0.1) is 10.6 Å². The van der Waals surface area contributed by atoms with Crippen LogP contribution in [0.4, 0.5) is 0 Å². The average Bonchev–Trinajstić information content (AvgIpc) is 2.53. The first kappa shape index (κ1) is 7.71. The Morgan fingerprint density at radius 1 is 1.58 bits per heavy atom. The van der Waals surface area contributed by atoms with Gasteiger partial charge in [0.1, 0.15) is 4.83 Å². The van der Waals surface area contributed by atoms with E-state index in [0.29, 0.717) is 16.9 Å². The first-order valence-electron chi connectivity index (χ1n) is 3.30. The number of aromatic nitrogens is 1. The quantitative estimate of drug-likeness (QED) is 0.658. The molecule has 0 aromatic carbocycles. The lowest BCUT2D eigenvalue weighted by molar-refractivity contribution is 0.112. The molecule has 0 atom stereocenters. The Labute approximate surface area is 77.8 Å². The largest absolute Gasteiger partial charge is 0.298 e. The number of hydrogen-bond donors (Lipinski definition) is 0. The summed E-state index contributed by atoms with van der Waals surface area (Å²) in [5.41, 5.74) is 0.447. The minimum absolute atomic E-state index is 0.447. The normalized spacial score (nSPS) is 10.4. The summed E-state index contributed by atoms with van der Waals surface area (Å²) in [7, 11) is 0. The van der Waals surface area contributed by atoms with Gasteiger partial charge in [-0.25, -0.2) is 4.98 Å². The monoisotopic (exact) mass is 197 g/mol. The van der Waals surface area contributed by atoms with Crippen molar-refractivity contribution < 1.29 is 4.79 Å². The molecule has 0 radical (unpaired) electrons. The third-order valence-corrected chi connectivity index (χ3v) is 2.83. The predicted molar refractivity (Wildman–Crippen MR) is 50.0 cm³/mol. The Bertz CT molecular complexity index is 438. The van der Waals surface area contributed by atoms with Gasteiger partial charge in [0.2, 0.25) is 0 Å². The number of halogens is 1. The maximum atomic E-state index is 10.5. The predicted octanol–water partition coefficient (Wildman–Crippen LogP) is 2.76. The summed E-state index contributed by atoms with van der Waals surface area (Å²) in [5, 5.41) is 3.25. The lowest BCUT2D eigenvalue weighted by Crippen LogP contribution is -1.83. The van der Waals surface area contributed by atoms with E-state index in [1.807, 2.05) is 11.4 Å². The number of carbonyl (C=O) groups is 1. The van der Waals surface area contributed by atoms with Crippen molar-refractivity contribution in [2.45, 2.75) is 0 Å². The fourth-order valence-corrected chi connectivity index (χ4v) is 2.04. The zero-order valence-electron chi connectivity index (χ0n) is 5.95. The fraction of sp³-hybridized carbons (Fsp3) is 0. The number of thiophene rings is 1. The van der Waals surface area contributed by atoms with E-state index < -0.39 is 0 Å². The molecule has 0 fully saturated rings. The molecule has 12 heavy (non-hydrogen) atoms. The van der Waals surface area contributed by atoms with Crippen LogP contribution in [0.25, 0.3) is 10.2 Å². The Kier molecular flexibility index (Phi) is 1.83. The molecule has 0 amide bonds. The molecule has 0 N–H and O–H groups in total. The molecule has 2 aromatic rings. The lowest BCUT2D eigenvalue weighted by atomic mass is 10.2. The van der Waals surface area contributed by atoms with Gasteiger partial charge in [0.15, 0.2) is 6.29 Å². The second-order valence-electron chi connectivity index (χ2n) is 2.28. The van der Waals surface area contributed by atoms with Crippen LogP contribution in [0, 0.1) is 0 Å². The van der Waals surface area contributed by atoms with Gasteiger partial charge in [-0.2, -0.15) is 0 Å². The molecular formula is C8H4ClNOS. The van der Waals surface area contributed by atoms with Gasteiger partial charge in [0, 0.05) is 11.6 Å². The van der Waals surface area contributed by atoms with Crippen LogP contribution in [0.15, 0.2) is 17.6 Å². The molecule has 0 saturated carbocycles. The van der Waals surface area contributed by atoms with Crippen LogP contribution in [0.5, 0.6) is 0 Å². The summed E-state index contributed by atoms with van der Waals surface area (Å²) in [6, 6.07) is 1.86. The van der Waals surface area contributed by atoms with E-state index in [1.54, 1.807) is 0 Å². The molecule has 2 aromatic heterocycles. The Hall–Kier alpha value is -0.930. The third-order valence-electron chi connectivity index (χ3n) is 1.58. The van der Waals surface area contributed by atoms with E-state index in [4.69, 9.17) is 11.6 Å². The van der Waals surface area contributed by atoms with Crippen LogP contribution in [0.2, 0.25) is 5.02 Å². The number of rotatable bonds is 1. The molecule has 0 saturated heterocycles. The first-order chi connectivity index (χ1) is 5.83. The standard InChI is InChI=1S/C8H4ClNOS/c9-7-5(4-11)3-10-8-6(7)1-2-12-8/h1-4H. The molecule has 2 heterocycles. The topological polar surface area (TPSA) is 30.0 Å². The van der Waals surface area contributed by atoms with Crippen molar-refractivity contribution >= 4 is 39.4 Å². The van der Waals surface area contributed by atoms with Crippen molar-refractivity contribution in [1.82, 2.24) is 4.98 Å². The van der Waals surface area contributed by atoms with Crippen molar-refractivity contribution in [2.24, 2.45) is 0 Å². The second kappa shape index (κ2) is 2.84. The summed E-state index contributed by atoms with van der Waals surface area (Å²) in [6.07, 6.45) is 2.21. The maximum Gasteiger partial charge on any atom is 0.153 e. The smallest absolute Gasteiger partial charge is 0.153 e. The average molecular weight is 198 g/mol. The number of carbonyl (C=O) groups excluding carboxylic acids is 1. The van der Waals surface area contributed by atoms with Gasteiger partial charge >= 0.3 is 0 Å². The van der Waals surface area contributed by atoms with Crippen LogP contribution in [0.3, 0.4) is 0 Å².